The van der Waals surface area contributed by atoms with Crippen LogP contribution in [0.2, 0.25) is 0 Å². The van der Waals surface area contributed by atoms with E-state index in [1.165, 1.54) is 0 Å². The number of hydrogen-bond acceptors (Lipinski definition) is 4. The Morgan fingerprint density at radius 2 is 2.17 bits per heavy atom. The van der Waals surface area contributed by atoms with E-state index in [2.05, 4.69) is 5.32 Å². The van der Waals surface area contributed by atoms with Crippen molar-refractivity contribution in [3.05, 3.63) is 23.8 Å². The third-order valence-corrected chi connectivity index (χ3v) is 2.53. The lowest BCUT2D eigenvalue weighted by atomic mass is 10.1. The van der Waals surface area contributed by atoms with E-state index in [9.17, 15) is 4.79 Å². The molecule has 0 bridgehead atoms. The molecule has 5 heteroatoms. The van der Waals surface area contributed by atoms with Gasteiger partial charge in [0.15, 0.2) is 0 Å². The van der Waals surface area contributed by atoms with Gasteiger partial charge in [-0.25, -0.2) is 0 Å². The summed E-state index contributed by atoms with van der Waals surface area (Å²) in [5.41, 5.74) is 7.99. The molecule has 0 radical (unpaired) electrons. The maximum Gasteiger partial charge on any atom is 0.253 e. The summed E-state index contributed by atoms with van der Waals surface area (Å²) >= 11 is 0. The number of nitrogen functional groups attached to an aromatic ring is 1. The van der Waals surface area contributed by atoms with Crippen molar-refractivity contribution in [3.8, 4) is 0 Å². The average Bonchev–Trinajstić information content (AvgIpc) is 2.32. The molecule has 3 N–H and O–H groups in total. The zero-order valence-corrected chi connectivity index (χ0v) is 11.0. The molecule has 5 nitrogen and oxygen atoms in total. The number of rotatable bonds is 6. The molecule has 0 spiro atoms. The largest absolute Gasteiger partial charge is 0.399 e. The molecule has 0 saturated heterocycles. The summed E-state index contributed by atoms with van der Waals surface area (Å²) in [6, 6.07) is 5.34. The van der Waals surface area contributed by atoms with Crippen LogP contribution >= 0.6 is 0 Å². The summed E-state index contributed by atoms with van der Waals surface area (Å²) in [5.74, 6) is -0.182. The maximum absolute atomic E-state index is 11.8. The molecule has 1 aromatic carbocycles. The highest BCUT2D eigenvalue weighted by molar-refractivity contribution is 5.94. The van der Waals surface area contributed by atoms with Crippen LogP contribution in [0, 0.1) is 6.92 Å². The van der Waals surface area contributed by atoms with Gasteiger partial charge in [0, 0.05) is 18.5 Å². The van der Waals surface area contributed by atoms with Crippen molar-refractivity contribution in [1.29, 1.82) is 0 Å². The van der Waals surface area contributed by atoms with Crippen molar-refractivity contribution >= 4 is 17.3 Å². The van der Waals surface area contributed by atoms with E-state index in [1.807, 2.05) is 13.0 Å². The molecular weight excluding hydrogens is 232 g/mol. The molecule has 18 heavy (non-hydrogen) atoms. The van der Waals surface area contributed by atoms with Crippen molar-refractivity contribution < 1.29 is 14.3 Å². The monoisotopic (exact) mass is 252 g/mol. The van der Waals surface area contributed by atoms with E-state index in [-0.39, 0.29) is 5.91 Å². The molecule has 0 aliphatic carbocycles. The molecule has 0 aliphatic rings. The summed E-state index contributed by atoms with van der Waals surface area (Å²) in [5, 5.41) is 2.80. The van der Waals surface area contributed by atoms with Gasteiger partial charge in [-0.2, -0.15) is 0 Å². The molecule has 0 aromatic heterocycles. The Bertz CT molecular complexity index is 407. The highest BCUT2D eigenvalue weighted by Crippen LogP contribution is 2.17. The van der Waals surface area contributed by atoms with Crippen LogP contribution in [0.1, 0.15) is 12.5 Å². The second kappa shape index (κ2) is 6.98. The number of carbonyl (C=O) groups is 1. The first-order valence-electron chi connectivity index (χ1n) is 5.82. The number of benzene rings is 1. The number of nitrogens with one attached hydrogen (secondary N) is 1. The first-order valence-corrected chi connectivity index (χ1v) is 5.82. The zero-order chi connectivity index (χ0) is 13.5. The highest BCUT2D eigenvalue weighted by Gasteiger charge is 2.14. The van der Waals surface area contributed by atoms with Crippen molar-refractivity contribution in [2.75, 3.05) is 31.4 Å². The Balaban J connectivity index is 2.53. The number of hydrogen-bond donors (Lipinski definition) is 2. The Morgan fingerprint density at radius 3 is 2.78 bits per heavy atom. The average molecular weight is 252 g/mol. The molecule has 0 saturated carbocycles. The fourth-order valence-corrected chi connectivity index (χ4v) is 1.45. The molecule has 0 aliphatic heterocycles. The predicted octanol–water partition coefficient (Wildman–Crippen LogP) is 1.57. The number of aryl methyl sites for hydroxylation is 1. The highest BCUT2D eigenvalue weighted by atomic mass is 16.5. The van der Waals surface area contributed by atoms with Crippen molar-refractivity contribution in [2.45, 2.75) is 20.0 Å². The molecule has 1 amide bonds. The number of methoxy groups -OCH3 is 1. The van der Waals surface area contributed by atoms with Crippen LogP contribution in [0.25, 0.3) is 0 Å². The van der Waals surface area contributed by atoms with Gasteiger partial charge in [-0.1, -0.05) is 0 Å². The van der Waals surface area contributed by atoms with Crippen molar-refractivity contribution in [3.63, 3.8) is 0 Å². The topological polar surface area (TPSA) is 73.6 Å². The van der Waals surface area contributed by atoms with Gasteiger partial charge in [-0.3, -0.25) is 4.79 Å². The Hall–Kier alpha value is -1.59. The van der Waals surface area contributed by atoms with Crippen molar-refractivity contribution in [1.82, 2.24) is 0 Å². The third kappa shape index (κ3) is 4.35. The standard InChI is InChI=1S/C13H20N2O3/c1-9-8-11(14)4-5-12(9)15-13(16)10(2)18-7-6-17-3/h4-5,8,10H,6-7,14H2,1-3H3,(H,15,16). The zero-order valence-electron chi connectivity index (χ0n) is 11.0. The summed E-state index contributed by atoms with van der Waals surface area (Å²) < 4.78 is 10.2. The lowest BCUT2D eigenvalue weighted by Gasteiger charge is -2.14. The number of amides is 1. The lowest BCUT2D eigenvalue weighted by Crippen LogP contribution is -2.29. The first-order chi connectivity index (χ1) is 8.54. The molecule has 1 rings (SSSR count). The van der Waals surface area contributed by atoms with Crippen LogP contribution in [0.3, 0.4) is 0 Å². The van der Waals surface area contributed by atoms with Crippen molar-refractivity contribution in [2.24, 2.45) is 0 Å². The summed E-state index contributed by atoms with van der Waals surface area (Å²) in [7, 11) is 1.59. The molecule has 0 heterocycles. The smallest absolute Gasteiger partial charge is 0.253 e. The van der Waals surface area contributed by atoms with Gasteiger partial charge in [0.2, 0.25) is 0 Å². The summed E-state index contributed by atoms with van der Waals surface area (Å²) in [6.07, 6.45) is -0.517. The SMILES string of the molecule is COCCOC(C)C(=O)Nc1ccc(N)cc1C. The van der Waals surface area contributed by atoms with E-state index in [1.54, 1.807) is 26.2 Å². The van der Waals surface area contributed by atoms with Crippen LogP contribution in [0.5, 0.6) is 0 Å². The predicted molar refractivity (Wildman–Crippen MR) is 71.5 cm³/mol. The van der Waals surface area contributed by atoms with Gasteiger partial charge >= 0.3 is 0 Å². The normalized spacial score (nSPS) is 12.2. The third-order valence-electron chi connectivity index (χ3n) is 2.53. The molecule has 100 valence electrons. The number of nitrogens with two attached hydrogens (primary N) is 1. The molecule has 1 aromatic rings. The van der Waals surface area contributed by atoms with Gasteiger partial charge in [-0.15, -0.1) is 0 Å². The first kappa shape index (κ1) is 14.5. The Labute approximate surface area is 107 Å². The van der Waals surface area contributed by atoms with Crippen LogP contribution in [0.4, 0.5) is 11.4 Å². The van der Waals surface area contributed by atoms with E-state index < -0.39 is 6.10 Å². The minimum Gasteiger partial charge on any atom is -0.399 e. The van der Waals surface area contributed by atoms with Gasteiger partial charge in [-0.05, 0) is 37.6 Å². The summed E-state index contributed by atoms with van der Waals surface area (Å²) in [6.45, 7) is 4.46. The van der Waals surface area contributed by atoms with E-state index in [4.69, 9.17) is 15.2 Å². The van der Waals surface area contributed by atoms with Crippen LogP contribution in [-0.4, -0.2) is 32.3 Å². The van der Waals surface area contributed by atoms with Gasteiger partial charge in [0.25, 0.3) is 5.91 Å². The van der Waals surface area contributed by atoms with Gasteiger partial charge in [0.1, 0.15) is 6.10 Å². The van der Waals surface area contributed by atoms with Gasteiger partial charge < -0.3 is 20.5 Å². The van der Waals surface area contributed by atoms with Crippen LogP contribution < -0.4 is 11.1 Å². The minimum atomic E-state index is -0.517. The van der Waals surface area contributed by atoms with Crippen LogP contribution in [-0.2, 0) is 14.3 Å². The van der Waals surface area contributed by atoms with E-state index in [0.29, 0.717) is 18.9 Å². The summed E-state index contributed by atoms with van der Waals surface area (Å²) in [4.78, 5) is 11.8. The second-order valence-corrected chi connectivity index (χ2v) is 4.07. The quantitative estimate of drug-likeness (QED) is 0.595. The molecule has 0 fully saturated rings. The molecule has 1 unspecified atom stereocenters. The second-order valence-electron chi connectivity index (χ2n) is 4.07. The number of ether oxygens (including phenoxy) is 2. The number of anilines is 2. The van der Waals surface area contributed by atoms with Crippen LogP contribution in [0.15, 0.2) is 18.2 Å². The molecular formula is C13H20N2O3. The van der Waals surface area contributed by atoms with E-state index in [0.717, 1.165) is 11.3 Å². The van der Waals surface area contributed by atoms with Gasteiger partial charge in [0.05, 0.1) is 13.2 Å². The van der Waals surface area contributed by atoms with E-state index >= 15 is 0 Å². The maximum atomic E-state index is 11.8. The Morgan fingerprint density at radius 1 is 1.44 bits per heavy atom. The Kier molecular flexibility index (Phi) is 5.61. The fourth-order valence-electron chi connectivity index (χ4n) is 1.45. The lowest BCUT2D eigenvalue weighted by molar-refractivity contribution is -0.127. The number of carbonyl (C=O) groups excluding carboxylic acids is 1. The molecule has 1 atom stereocenters. The minimum absolute atomic E-state index is 0.182. The fraction of sp³-hybridized carbons (Fsp3) is 0.462.